The average molecular weight is 324 g/mol. The summed E-state index contributed by atoms with van der Waals surface area (Å²) in [5.41, 5.74) is -1.15. The maximum Gasteiger partial charge on any atom is 0.415 e. The Balaban J connectivity index is 2.68. The van der Waals surface area contributed by atoms with E-state index in [0.717, 1.165) is 39.8 Å². The first-order valence-corrected chi connectivity index (χ1v) is 7.88. The molecule has 1 aliphatic rings. The SMILES string of the molecule is COC(C(F)(F)F)C(C)(C)CC(C)(C)CN1CCN(C)CC1. The molecule has 0 spiro atoms. The maximum absolute atomic E-state index is 13.2. The van der Waals surface area contributed by atoms with Crippen LogP contribution >= 0.6 is 0 Å². The zero-order chi connectivity index (χ0) is 17.2. The molecular formula is C16H31F3N2O. The molecule has 1 aliphatic heterocycles. The number of hydrogen-bond donors (Lipinski definition) is 0. The molecule has 3 nitrogen and oxygen atoms in total. The highest BCUT2D eigenvalue weighted by Gasteiger charge is 2.51. The summed E-state index contributed by atoms with van der Waals surface area (Å²) in [6.07, 6.45) is -5.60. The molecule has 22 heavy (non-hydrogen) atoms. The summed E-state index contributed by atoms with van der Waals surface area (Å²) >= 11 is 0. The van der Waals surface area contributed by atoms with Crippen LogP contribution in [0.1, 0.15) is 34.1 Å². The lowest BCUT2D eigenvalue weighted by Gasteiger charge is -2.43. The van der Waals surface area contributed by atoms with Gasteiger partial charge in [0, 0.05) is 45.2 Å². The number of piperazine rings is 1. The molecule has 6 heteroatoms. The Morgan fingerprint density at radius 3 is 1.91 bits per heavy atom. The van der Waals surface area contributed by atoms with Gasteiger partial charge in [-0.15, -0.1) is 0 Å². The van der Waals surface area contributed by atoms with Gasteiger partial charge in [0.2, 0.25) is 0 Å². The van der Waals surface area contributed by atoms with E-state index in [1.54, 1.807) is 13.8 Å². The molecule has 1 saturated heterocycles. The van der Waals surface area contributed by atoms with Crippen LogP contribution in [0.4, 0.5) is 13.2 Å². The number of ether oxygens (including phenoxy) is 1. The molecule has 0 radical (unpaired) electrons. The van der Waals surface area contributed by atoms with Crippen molar-refractivity contribution in [3.63, 3.8) is 0 Å². The number of hydrogen-bond acceptors (Lipinski definition) is 3. The first-order valence-electron chi connectivity index (χ1n) is 7.88. The molecule has 1 heterocycles. The van der Waals surface area contributed by atoms with Gasteiger partial charge in [-0.2, -0.15) is 13.2 Å². The topological polar surface area (TPSA) is 15.7 Å². The third kappa shape index (κ3) is 5.70. The Morgan fingerprint density at radius 1 is 1.00 bits per heavy atom. The van der Waals surface area contributed by atoms with Crippen molar-refractivity contribution < 1.29 is 17.9 Å². The first-order chi connectivity index (χ1) is 9.87. The molecule has 0 saturated carbocycles. The highest BCUT2D eigenvalue weighted by Crippen LogP contribution is 2.43. The highest BCUT2D eigenvalue weighted by atomic mass is 19.4. The Bertz CT molecular complexity index is 348. The van der Waals surface area contributed by atoms with Crippen LogP contribution in [0, 0.1) is 10.8 Å². The van der Waals surface area contributed by atoms with E-state index in [1.807, 2.05) is 0 Å². The number of methoxy groups -OCH3 is 1. The lowest BCUT2D eigenvalue weighted by atomic mass is 9.71. The van der Waals surface area contributed by atoms with Gasteiger partial charge in [0.25, 0.3) is 0 Å². The number of likely N-dealkylation sites (N-methyl/N-ethyl adjacent to an activating group) is 1. The van der Waals surface area contributed by atoms with Crippen molar-refractivity contribution in [1.29, 1.82) is 0 Å². The van der Waals surface area contributed by atoms with Gasteiger partial charge in [0.15, 0.2) is 6.10 Å². The number of nitrogens with zero attached hydrogens (tertiary/aromatic N) is 2. The average Bonchev–Trinajstić information content (AvgIpc) is 2.28. The van der Waals surface area contributed by atoms with Gasteiger partial charge < -0.3 is 14.5 Å². The van der Waals surface area contributed by atoms with E-state index in [0.29, 0.717) is 6.42 Å². The second kappa shape index (κ2) is 7.05. The van der Waals surface area contributed by atoms with Crippen molar-refractivity contribution >= 4 is 0 Å². The molecule has 0 amide bonds. The normalized spacial score (nSPS) is 21.1. The lowest BCUT2D eigenvalue weighted by Crippen LogP contribution is -2.50. The predicted molar refractivity (Wildman–Crippen MR) is 83.0 cm³/mol. The highest BCUT2D eigenvalue weighted by molar-refractivity contribution is 4.90. The van der Waals surface area contributed by atoms with Gasteiger partial charge in [-0.3, -0.25) is 0 Å². The Labute approximate surface area is 132 Å². The summed E-state index contributed by atoms with van der Waals surface area (Å²) in [6, 6.07) is 0. The van der Waals surface area contributed by atoms with E-state index in [1.165, 1.54) is 0 Å². The molecule has 132 valence electrons. The third-order valence-electron chi connectivity index (χ3n) is 4.42. The van der Waals surface area contributed by atoms with E-state index in [2.05, 4.69) is 30.7 Å². The molecule has 0 aliphatic carbocycles. The number of halogens is 3. The van der Waals surface area contributed by atoms with Crippen molar-refractivity contribution in [2.45, 2.75) is 46.4 Å². The fraction of sp³-hybridized carbons (Fsp3) is 1.00. The molecule has 1 unspecified atom stereocenters. The number of rotatable bonds is 6. The van der Waals surface area contributed by atoms with Gasteiger partial charge in [-0.1, -0.05) is 27.7 Å². The van der Waals surface area contributed by atoms with Crippen LogP contribution in [0.2, 0.25) is 0 Å². The summed E-state index contributed by atoms with van der Waals surface area (Å²) in [4.78, 5) is 4.63. The Hall–Kier alpha value is -0.330. The van der Waals surface area contributed by atoms with Crippen molar-refractivity contribution in [1.82, 2.24) is 9.80 Å². The lowest BCUT2D eigenvalue weighted by molar-refractivity contribution is -0.247. The molecule has 1 fully saturated rings. The first kappa shape index (κ1) is 19.7. The fourth-order valence-electron chi connectivity index (χ4n) is 3.89. The monoisotopic (exact) mass is 324 g/mol. The minimum Gasteiger partial charge on any atom is -0.371 e. The van der Waals surface area contributed by atoms with Crippen LogP contribution in [-0.2, 0) is 4.74 Å². The van der Waals surface area contributed by atoms with Gasteiger partial charge in [-0.05, 0) is 18.9 Å². The van der Waals surface area contributed by atoms with Crippen LogP contribution in [0.3, 0.4) is 0 Å². The number of alkyl halides is 3. The van der Waals surface area contributed by atoms with Crippen molar-refractivity contribution in [3.8, 4) is 0 Å². The minimum absolute atomic E-state index is 0.193. The molecule has 1 atom stereocenters. The van der Waals surface area contributed by atoms with Gasteiger partial charge in [0.05, 0.1) is 0 Å². The van der Waals surface area contributed by atoms with Gasteiger partial charge >= 0.3 is 6.18 Å². The van der Waals surface area contributed by atoms with Gasteiger partial charge in [-0.25, -0.2) is 0 Å². The Morgan fingerprint density at radius 2 is 1.50 bits per heavy atom. The second-order valence-electron chi connectivity index (χ2n) is 8.07. The molecule has 0 aromatic rings. The summed E-state index contributed by atoms with van der Waals surface area (Å²) < 4.78 is 44.2. The van der Waals surface area contributed by atoms with Crippen LogP contribution in [0.15, 0.2) is 0 Å². The zero-order valence-corrected chi connectivity index (χ0v) is 14.8. The van der Waals surface area contributed by atoms with Crippen LogP contribution < -0.4 is 0 Å². The van der Waals surface area contributed by atoms with Crippen molar-refractivity contribution in [2.75, 3.05) is 46.9 Å². The smallest absolute Gasteiger partial charge is 0.371 e. The van der Waals surface area contributed by atoms with E-state index in [9.17, 15) is 13.2 Å². The van der Waals surface area contributed by atoms with Crippen LogP contribution in [-0.4, -0.2) is 69.0 Å². The summed E-state index contributed by atoms with van der Waals surface area (Å²) in [7, 11) is 3.24. The van der Waals surface area contributed by atoms with Crippen LogP contribution in [0.5, 0.6) is 0 Å². The molecule has 0 N–H and O–H groups in total. The fourth-order valence-corrected chi connectivity index (χ4v) is 3.89. The quantitative estimate of drug-likeness (QED) is 0.746. The van der Waals surface area contributed by atoms with E-state index >= 15 is 0 Å². The maximum atomic E-state index is 13.2. The van der Waals surface area contributed by atoms with Crippen molar-refractivity contribution in [3.05, 3.63) is 0 Å². The van der Waals surface area contributed by atoms with E-state index in [-0.39, 0.29) is 5.41 Å². The summed E-state index contributed by atoms with van der Waals surface area (Å²) in [6.45, 7) is 12.2. The standard InChI is InChI=1S/C16H31F3N2O/c1-14(2,12-21-9-7-20(5)8-10-21)11-15(3,4)13(22-6)16(17,18)19/h13H,7-12H2,1-6H3. The molecule has 0 bridgehead atoms. The molecule has 1 rings (SSSR count). The van der Waals surface area contributed by atoms with Crippen molar-refractivity contribution in [2.24, 2.45) is 10.8 Å². The third-order valence-corrected chi connectivity index (χ3v) is 4.42. The second-order valence-corrected chi connectivity index (χ2v) is 8.07. The minimum atomic E-state index is -4.33. The molecular weight excluding hydrogens is 293 g/mol. The zero-order valence-electron chi connectivity index (χ0n) is 14.8. The Kier molecular flexibility index (Phi) is 6.32. The summed E-state index contributed by atoms with van der Waals surface area (Å²) in [5, 5.41) is 0. The van der Waals surface area contributed by atoms with E-state index in [4.69, 9.17) is 4.74 Å². The summed E-state index contributed by atoms with van der Waals surface area (Å²) in [5.74, 6) is 0. The van der Waals surface area contributed by atoms with E-state index < -0.39 is 17.7 Å². The molecule has 0 aromatic carbocycles. The van der Waals surface area contributed by atoms with Gasteiger partial charge in [0.1, 0.15) is 0 Å². The largest absolute Gasteiger partial charge is 0.415 e. The predicted octanol–water partition coefficient (Wildman–Crippen LogP) is 3.25. The molecule has 0 aromatic heterocycles. The van der Waals surface area contributed by atoms with Crippen LogP contribution in [0.25, 0.3) is 0 Å².